The lowest BCUT2D eigenvalue weighted by Gasteiger charge is -2.18. The standard InChI is InChI=1S/C50H28O/c1-2-13-45-41(10-1)44-12-5-11-40(50(44)51-45)37-27-35(38-22-18-33-16-14-29-6-3-8-31-20-24-42(38)48(33)46(29)31)26-36(28-37)39-23-19-34-17-15-30-7-4-9-32-21-25-43(39)49(34)47(30)32/h1-28H/i1D,2D,3D,4D,5D,6D,7D,8D,9D,11D,12D,13D,14D,15D,16D,17D,18D,19D,20D,21D,22D,23D,24D,25D,26D,27D,28D. The van der Waals surface area contributed by atoms with Crippen LogP contribution in [0.2, 0.25) is 0 Å². The Kier molecular flexibility index (Phi) is 2.39. The highest BCUT2D eigenvalue weighted by atomic mass is 16.3. The summed E-state index contributed by atoms with van der Waals surface area (Å²) in [6.45, 7) is 0. The van der Waals surface area contributed by atoms with Gasteiger partial charge in [0.05, 0.1) is 37.0 Å². The van der Waals surface area contributed by atoms with Crippen LogP contribution in [0.1, 0.15) is 37.0 Å². The molecule has 0 radical (unpaired) electrons. The summed E-state index contributed by atoms with van der Waals surface area (Å²) in [7, 11) is 0. The first-order chi connectivity index (χ1) is 36.6. The van der Waals surface area contributed by atoms with Crippen molar-refractivity contribution in [3.05, 3.63) is 169 Å². The number of para-hydroxylation sites is 2. The van der Waals surface area contributed by atoms with Crippen molar-refractivity contribution in [2.24, 2.45) is 0 Å². The van der Waals surface area contributed by atoms with Crippen LogP contribution in [0.3, 0.4) is 0 Å². The summed E-state index contributed by atoms with van der Waals surface area (Å²) in [5.74, 6) is 0. The Balaban J connectivity index is 1.40. The molecule has 0 unspecified atom stereocenters. The van der Waals surface area contributed by atoms with Crippen molar-refractivity contribution in [2.45, 2.75) is 0 Å². The summed E-state index contributed by atoms with van der Waals surface area (Å²) in [6.07, 6.45) is 0. The predicted molar refractivity (Wildman–Crippen MR) is 217 cm³/mol. The van der Waals surface area contributed by atoms with Gasteiger partial charge in [0.15, 0.2) is 0 Å². The molecule has 12 aromatic rings. The Morgan fingerprint density at radius 1 is 0.333 bits per heavy atom. The van der Waals surface area contributed by atoms with Crippen LogP contribution in [0.15, 0.2) is 174 Å². The third-order valence-corrected chi connectivity index (χ3v) is 9.14. The van der Waals surface area contributed by atoms with Crippen LogP contribution in [-0.2, 0) is 0 Å². The molecule has 0 bridgehead atoms. The van der Waals surface area contributed by atoms with E-state index >= 15 is 0 Å². The topological polar surface area (TPSA) is 13.1 Å². The predicted octanol–water partition coefficient (Wildman–Crippen LogP) is 14.4. The summed E-state index contributed by atoms with van der Waals surface area (Å²) < 4.78 is 255. The minimum absolute atomic E-state index is 0.176. The molecular formula is C50H28O. The van der Waals surface area contributed by atoms with Crippen LogP contribution in [0.4, 0.5) is 0 Å². The molecule has 234 valence electrons. The van der Waals surface area contributed by atoms with Crippen LogP contribution in [-0.4, -0.2) is 0 Å². The van der Waals surface area contributed by atoms with Gasteiger partial charge in [0.2, 0.25) is 0 Å². The van der Waals surface area contributed by atoms with Gasteiger partial charge in [-0.05, 0) is 117 Å². The van der Waals surface area contributed by atoms with E-state index in [4.69, 9.17) is 25.0 Å². The Labute approximate surface area is 331 Å². The largest absolute Gasteiger partial charge is 0.455 e. The average Bonchev–Trinajstić information content (AvgIpc) is 3.79. The van der Waals surface area contributed by atoms with Crippen molar-refractivity contribution in [3.8, 4) is 33.4 Å². The smallest absolute Gasteiger partial charge is 0.143 e. The fraction of sp³-hybridized carbons (Fsp3) is 0. The molecule has 0 fully saturated rings. The lowest BCUT2D eigenvalue weighted by atomic mass is 9.86. The SMILES string of the molecule is [2H]c1cc2c(oc3c(-c4c([2H])c(-c5c([2H])c([2H])c6c([2H])c([2H])c7c([2H])c([2H])c([2H])c8c([2H])c([2H])c5c6c78)c([2H])c(-c5c([2H])c([2H])c6c([2H])c([2H])c7c([2H])c([2H])c([2H])c8c([2H])c([2H])c5c6c78)c4[2H])c([2H])c([2H])c([2H])c32)c([2H])c1[2H]. The fourth-order valence-electron chi connectivity index (χ4n) is 6.91. The molecule has 1 heteroatoms. The third-order valence-electron chi connectivity index (χ3n) is 9.14. The first-order valence-electron chi connectivity index (χ1n) is 29.0. The number of hydrogen-bond donors (Lipinski definition) is 0. The van der Waals surface area contributed by atoms with Gasteiger partial charge in [-0.15, -0.1) is 0 Å². The molecule has 1 heterocycles. The Bertz CT molecular complexity index is 4650. The molecule has 1 nitrogen and oxygen atoms in total. The maximum absolute atomic E-state index is 10.3. The van der Waals surface area contributed by atoms with Crippen LogP contribution < -0.4 is 0 Å². The molecule has 0 N–H and O–H groups in total. The number of fused-ring (bicyclic) bond motifs is 3. The number of rotatable bonds is 3. The van der Waals surface area contributed by atoms with Gasteiger partial charge in [0.25, 0.3) is 0 Å². The molecule has 0 aliphatic rings. The minimum atomic E-state index is -1.07. The Hall–Kier alpha value is -6.70. The van der Waals surface area contributed by atoms with Crippen LogP contribution >= 0.6 is 0 Å². The summed E-state index contributed by atoms with van der Waals surface area (Å²) in [4.78, 5) is 0. The normalized spacial score (nSPS) is 19.7. The first-order valence-corrected chi connectivity index (χ1v) is 15.5. The summed E-state index contributed by atoms with van der Waals surface area (Å²) in [5, 5.41) is -5.91. The van der Waals surface area contributed by atoms with E-state index in [9.17, 15) is 16.4 Å². The van der Waals surface area contributed by atoms with Gasteiger partial charge in [-0.1, -0.05) is 145 Å². The molecule has 12 rings (SSSR count). The molecular weight excluding hydrogens is 617 g/mol. The van der Waals surface area contributed by atoms with E-state index in [0.717, 1.165) is 6.07 Å². The van der Waals surface area contributed by atoms with E-state index in [1.54, 1.807) is 0 Å². The van der Waals surface area contributed by atoms with Crippen molar-refractivity contribution in [1.29, 1.82) is 0 Å². The van der Waals surface area contributed by atoms with Gasteiger partial charge in [-0.25, -0.2) is 0 Å². The Morgan fingerprint density at radius 3 is 1.37 bits per heavy atom. The number of benzene rings is 11. The van der Waals surface area contributed by atoms with Crippen LogP contribution in [0.25, 0.3) is 120 Å². The zero-order chi connectivity index (χ0) is 56.7. The van der Waals surface area contributed by atoms with Gasteiger partial charge in [-0.2, -0.15) is 0 Å². The zero-order valence-corrected chi connectivity index (χ0v) is 25.5. The molecule has 0 amide bonds. The van der Waals surface area contributed by atoms with Crippen molar-refractivity contribution in [3.63, 3.8) is 0 Å². The van der Waals surface area contributed by atoms with Crippen LogP contribution in [0.5, 0.6) is 0 Å². The van der Waals surface area contributed by atoms with Crippen molar-refractivity contribution in [1.82, 2.24) is 0 Å². The molecule has 0 spiro atoms. The zero-order valence-electron chi connectivity index (χ0n) is 52.5. The molecule has 0 saturated heterocycles. The summed E-state index contributed by atoms with van der Waals surface area (Å²) in [6, 6.07) is -21.1. The van der Waals surface area contributed by atoms with Crippen LogP contribution in [0, 0.1) is 0 Å². The lowest BCUT2D eigenvalue weighted by Crippen LogP contribution is -1.91. The minimum Gasteiger partial charge on any atom is -0.455 e. The molecule has 1 aromatic heterocycles. The first kappa shape index (κ1) is 12.3. The monoisotopic (exact) mass is 671 g/mol. The second kappa shape index (κ2) is 9.94. The molecule has 0 atom stereocenters. The van der Waals surface area contributed by atoms with Crippen molar-refractivity contribution >= 4 is 86.6 Å². The maximum Gasteiger partial charge on any atom is 0.143 e. The van der Waals surface area contributed by atoms with E-state index < -0.39 is 251 Å². The van der Waals surface area contributed by atoms with Gasteiger partial charge in [0.1, 0.15) is 11.2 Å². The average molecular weight is 672 g/mol. The van der Waals surface area contributed by atoms with Gasteiger partial charge >= 0.3 is 0 Å². The molecule has 51 heavy (non-hydrogen) atoms. The highest BCUT2D eigenvalue weighted by Crippen LogP contribution is 2.45. The van der Waals surface area contributed by atoms with E-state index in [1.807, 2.05) is 0 Å². The fourth-order valence-corrected chi connectivity index (χ4v) is 6.91. The maximum atomic E-state index is 10.3. The third kappa shape index (κ3) is 3.75. The quantitative estimate of drug-likeness (QED) is 0.170. The molecule has 0 aliphatic heterocycles. The Morgan fingerprint density at radius 2 is 0.804 bits per heavy atom. The summed E-state index contributed by atoms with van der Waals surface area (Å²) >= 11 is 0. The van der Waals surface area contributed by atoms with E-state index in [2.05, 4.69) is 0 Å². The second-order valence-electron chi connectivity index (χ2n) is 11.8. The number of hydrogen-bond acceptors (Lipinski definition) is 1. The molecule has 11 aromatic carbocycles. The van der Waals surface area contributed by atoms with Crippen molar-refractivity contribution < 1.29 is 41.4 Å². The van der Waals surface area contributed by atoms with E-state index in [0.29, 0.717) is 0 Å². The van der Waals surface area contributed by atoms with Gasteiger partial charge < -0.3 is 4.42 Å². The van der Waals surface area contributed by atoms with Gasteiger partial charge in [-0.3, -0.25) is 0 Å². The lowest BCUT2D eigenvalue weighted by molar-refractivity contribution is 0.670. The van der Waals surface area contributed by atoms with E-state index in [-0.39, 0.29) is 32.3 Å². The second-order valence-corrected chi connectivity index (χ2v) is 11.8. The molecule has 0 saturated carbocycles. The molecule has 0 aliphatic carbocycles. The van der Waals surface area contributed by atoms with E-state index in [1.165, 1.54) is 0 Å². The number of furan rings is 1. The van der Waals surface area contributed by atoms with Gasteiger partial charge in [0, 0.05) is 16.3 Å². The van der Waals surface area contributed by atoms with Crippen molar-refractivity contribution in [2.75, 3.05) is 0 Å². The summed E-state index contributed by atoms with van der Waals surface area (Å²) in [5.41, 5.74) is -5.80. The highest BCUT2D eigenvalue weighted by molar-refractivity contribution is 6.27. The highest BCUT2D eigenvalue weighted by Gasteiger charge is 2.19.